The fourth-order valence-electron chi connectivity index (χ4n) is 3.68. The molecule has 0 saturated heterocycles. The maximum absolute atomic E-state index is 12.8. The van der Waals surface area contributed by atoms with Crippen LogP contribution in [0.3, 0.4) is 0 Å². The highest BCUT2D eigenvalue weighted by Crippen LogP contribution is 2.19. The quantitative estimate of drug-likeness (QED) is 0.653. The third-order valence-corrected chi connectivity index (χ3v) is 6.14. The summed E-state index contributed by atoms with van der Waals surface area (Å²) in [5.41, 5.74) is 1.18. The van der Waals surface area contributed by atoms with Gasteiger partial charge < -0.3 is 15.5 Å². The van der Waals surface area contributed by atoms with Crippen LogP contribution in [0.4, 0.5) is 5.13 Å². The SMILES string of the molecule is CC(C)N(CC(=O)Nc1nc(CC(=O)NC2CCCCC2)cs1)C(=O)c1ccccc1. The first kappa shape index (κ1) is 22.9. The van der Waals surface area contributed by atoms with E-state index in [1.807, 2.05) is 19.9 Å². The van der Waals surface area contributed by atoms with Gasteiger partial charge in [-0.3, -0.25) is 14.4 Å². The van der Waals surface area contributed by atoms with Gasteiger partial charge in [-0.05, 0) is 38.8 Å². The molecule has 166 valence electrons. The lowest BCUT2D eigenvalue weighted by Crippen LogP contribution is -2.42. The molecule has 2 aromatic rings. The number of hydrogen-bond donors (Lipinski definition) is 2. The fourth-order valence-corrected chi connectivity index (χ4v) is 4.41. The molecule has 8 heteroatoms. The van der Waals surface area contributed by atoms with E-state index in [2.05, 4.69) is 15.6 Å². The lowest BCUT2D eigenvalue weighted by atomic mass is 9.95. The summed E-state index contributed by atoms with van der Waals surface area (Å²) in [6, 6.07) is 9.05. The van der Waals surface area contributed by atoms with Gasteiger partial charge in [0.2, 0.25) is 11.8 Å². The van der Waals surface area contributed by atoms with Crippen LogP contribution in [0.5, 0.6) is 0 Å². The Bertz CT molecular complexity index is 891. The molecule has 3 rings (SSSR count). The van der Waals surface area contributed by atoms with Gasteiger partial charge in [-0.2, -0.15) is 0 Å². The molecule has 2 N–H and O–H groups in total. The van der Waals surface area contributed by atoms with Crippen molar-refractivity contribution >= 4 is 34.2 Å². The standard InChI is InChI=1S/C23H30N4O3S/c1-16(2)27(22(30)17-9-5-3-6-10-17)14-21(29)26-23-25-19(15-31-23)13-20(28)24-18-11-7-4-8-12-18/h3,5-6,9-10,15-16,18H,4,7-8,11-14H2,1-2H3,(H,24,28)(H,25,26,29). The third kappa shape index (κ3) is 6.89. The van der Waals surface area contributed by atoms with Gasteiger partial charge >= 0.3 is 0 Å². The predicted molar refractivity (Wildman–Crippen MR) is 122 cm³/mol. The van der Waals surface area contributed by atoms with Crippen LogP contribution < -0.4 is 10.6 Å². The molecule has 1 saturated carbocycles. The number of benzene rings is 1. The lowest BCUT2D eigenvalue weighted by Gasteiger charge is -2.26. The zero-order valence-electron chi connectivity index (χ0n) is 18.1. The van der Waals surface area contributed by atoms with Crippen molar-refractivity contribution in [3.63, 3.8) is 0 Å². The molecular formula is C23H30N4O3S. The Morgan fingerprint density at radius 2 is 1.81 bits per heavy atom. The number of rotatable bonds is 8. The van der Waals surface area contributed by atoms with Crippen molar-refractivity contribution in [3.8, 4) is 0 Å². The number of nitrogens with zero attached hydrogens (tertiary/aromatic N) is 2. The second-order valence-electron chi connectivity index (χ2n) is 8.16. The second-order valence-corrected chi connectivity index (χ2v) is 9.02. The zero-order chi connectivity index (χ0) is 22.2. The molecule has 1 aromatic heterocycles. The maximum Gasteiger partial charge on any atom is 0.254 e. The predicted octanol–water partition coefficient (Wildman–Crippen LogP) is 3.62. The highest BCUT2D eigenvalue weighted by atomic mass is 32.1. The van der Waals surface area contributed by atoms with Gasteiger partial charge in [-0.25, -0.2) is 4.98 Å². The minimum Gasteiger partial charge on any atom is -0.353 e. The Kier molecular flexibility index (Phi) is 8.17. The number of thiazole rings is 1. The summed E-state index contributed by atoms with van der Waals surface area (Å²) in [5, 5.41) is 8.04. The van der Waals surface area contributed by atoms with E-state index < -0.39 is 0 Å². The molecule has 1 aliphatic rings. The van der Waals surface area contributed by atoms with Crippen LogP contribution >= 0.6 is 11.3 Å². The molecule has 0 atom stereocenters. The number of aromatic nitrogens is 1. The van der Waals surface area contributed by atoms with Gasteiger partial charge in [0, 0.05) is 23.0 Å². The second kappa shape index (κ2) is 11.0. The van der Waals surface area contributed by atoms with Crippen molar-refractivity contribution in [2.75, 3.05) is 11.9 Å². The molecule has 0 unspecified atom stereocenters. The molecular weight excluding hydrogens is 412 g/mol. The molecule has 0 aliphatic heterocycles. The molecule has 1 aliphatic carbocycles. The number of hydrogen-bond acceptors (Lipinski definition) is 5. The van der Waals surface area contributed by atoms with Gasteiger partial charge in [0.25, 0.3) is 5.91 Å². The van der Waals surface area contributed by atoms with Crippen LogP contribution in [0.25, 0.3) is 0 Å². The van der Waals surface area contributed by atoms with Crippen molar-refractivity contribution < 1.29 is 14.4 Å². The first-order valence-corrected chi connectivity index (χ1v) is 11.7. The van der Waals surface area contributed by atoms with E-state index in [9.17, 15) is 14.4 Å². The van der Waals surface area contributed by atoms with E-state index in [0.717, 1.165) is 25.7 Å². The Labute approximate surface area is 187 Å². The molecule has 7 nitrogen and oxygen atoms in total. The summed E-state index contributed by atoms with van der Waals surface area (Å²) >= 11 is 1.28. The average Bonchev–Trinajstić information content (AvgIpc) is 3.19. The Morgan fingerprint density at radius 1 is 1.10 bits per heavy atom. The van der Waals surface area contributed by atoms with Crippen molar-refractivity contribution in [1.29, 1.82) is 0 Å². The van der Waals surface area contributed by atoms with Crippen LogP contribution in [0.2, 0.25) is 0 Å². The van der Waals surface area contributed by atoms with Crippen LogP contribution in [0.15, 0.2) is 35.7 Å². The number of carbonyl (C=O) groups excluding carboxylic acids is 3. The van der Waals surface area contributed by atoms with Crippen LogP contribution in [-0.4, -0.2) is 46.2 Å². The van der Waals surface area contributed by atoms with Crippen LogP contribution in [0.1, 0.15) is 62.0 Å². The van der Waals surface area contributed by atoms with Gasteiger partial charge in [0.05, 0.1) is 12.1 Å². The zero-order valence-corrected chi connectivity index (χ0v) is 18.9. The number of anilines is 1. The van der Waals surface area contributed by atoms with E-state index in [0.29, 0.717) is 16.4 Å². The molecule has 0 bridgehead atoms. The van der Waals surface area contributed by atoms with Gasteiger partial charge in [-0.15, -0.1) is 11.3 Å². The summed E-state index contributed by atoms with van der Waals surface area (Å²) in [6.07, 6.45) is 5.85. The van der Waals surface area contributed by atoms with E-state index in [4.69, 9.17) is 0 Å². The highest BCUT2D eigenvalue weighted by Gasteiger charge is 2.22. The van der Waals surface area contributed by atoms with Gasteiger partial charge in [-0.1, -0.05) is 37.5 Å². The molecule has 1 fully saturated rings. The largest absolute Gasteiger partial charge is 0.353 e. The molecule has 1 aromatic carbocycles. The molecule has 1 heterocycles. The molecule has 0 spiro atoms. The van der Waals surface area contributed by atoms with Gasteiger partial charge in [0.15, 0.2) is 5.13 Å². The summed E-state index contributed by atoms with van der Waals surface area (Å²) in [6.45, 7) is 3.68. The Hall–Kier alpha value is -2.74. The third-order valence-electron chi connectivity index (χ3n) is 5.33. The normalized spacial score (nSPS) is 14.3. The Balaban J connectivity index is 1.52. The van der Waals surface area contributed by atoms with Crippen molar-refractivity contribution in [1.82, 2.24) is 15.2 Å². The first-order valence-electron chi connectivity index (χ1n) is 10.8. The summed E-state index contributed by atoms with van der Waals surface area (Å²) < 4.78 is 0. The van der Waals surface area contributed by atoms with E-state index in [1.54, 1.807) is 29.6 Å². The minimum absolute atomic E-state index is 0.0329. The van der Waals surface area contributed by atoms with E-state index in [1.165, 1.54) is 22.7 Å². The van der Waals surface area contributed by atoms with Gasteiger partial charge in [0.1, 0.15) is 6.54 Å². The smallest absolute Gasteiger partial charge is 0.254 e. The number of amides is 3. The highest BCUT2D eigenvalue weighted by molar-refractivity contribution is 7.13. The van der Waals surface area contributed by atoms with Crippen LogP contribution in [0, 0.1) is 0 Å². The summed E-state index contributed by atoms with van der Waals surface area (Å²) in [4.78, 5) is 43.4. The first-order chi connectivity index (χ1) is 14.9. The lowest BCUT2D eigenvalue weighted by molar-refractivity contribution is -0.121. The molecule has 0 radical (unpaired) electrons. The number of carbonyl (C=O) groups is 3. The van der Waals surface area contributed by atoms with Crippen molar-refractivity contribution in [2.24, 2.45) is 0 Å². The van der Waals surface area contributed by atoms with Crippen molar-refractivity contribution in [3.05, 3.63) is 47.0 Å². The van der Waals surface area contributed by atoms with Crippen LogP contribution in [-0.2, 0) is 16.0 Å². The van der Waals surface area contributed by atoms with E-state index >= 15 is 0 Å². The topological polar surface area (TPSA) is 91.4 Å². The molecule has 31 heavy (non-hydrogen) atoms. The van der Waals surface area contributed by atoms with E-state index in [-0.39, 0.29) is 42.8 Å². The van der Waals surface area contributed by atoms with Crippen molar-refractivity contribution in [2.45, 2.75) is 64.5 Å². The average molecular weight is 443 g/mol. The monoisotopic (exact) mass is 442 g/mol. The summed E-state index contributed by atoms with van der Waals surface area (Å²) in [7, 11) is 0. The Morgan fingerprint density at radius 3 is 2.48 bits per heavy atom. The fraction of sp³-hybridized carbons (Fsp3) is 0.478. The number of nitrogens with one attached hydrogen (secondary N) is 2. The summed E-state index contributed by atoms with van der Waals surface area (Å²) in [5.74, 6) is -0.537. The maximum atomic E-state index is 12.8. The molecule has 3 amide bonds. The minimum atomic E-state index is -0.314.